The third kappa shape index (κ3) is 6.29. The van der Waals surface area contributed by atoms with Crippen molar-refractivity contribution in [3.63, 3.8) is 0 Å². The van der Waals surface area contributed by atoms with Crippen molar-refractivity contribution in [1.29, 1.82) is 0 Å². The SMILES string of the molecule is O=C(NC1CCCC(C(F)(F)F)C1)C(Cc1ccccc1)NS(=O)(=O)c1ccccc1F. The van der Waals surface area contributed by atoms with E-state index >= 15 is 0 Å². The molecule has 3 unspecified atom stereocenters. The smallest absolute Gasteiger partial charge is 0.352 e. The van der Waals surface area contributed by atoms with E-state index in [2.05, 4.69) is 10.0 Å². The van der Waals surface area contributed by atoms with Crippen LogP contribution in [0.25, 0.3) is 0 Å². The van der Waals surface area contributed by atoms with E-state index in [-0.39, 0.29) is 19.3 Å². The summed E-state index contributed by atoms with van der Waals surface area (Å²) in [7, 11) is -4.40. The molecule has 10 heteroatoms. The lowest BCUT2D eigenvalue weighted by Crippen LogP contribution is -2.52. The van der Waals surface area contributed by atoms with Crippen LogP contribution in [0.5, 0.6) is 0 Å². The van der Waals surface area contributed by atoms with Gasteiger partial charge in [-0.15, -0.1) is 0 Å². The van der Waals surface area contributed by atoms with Gasteiger partial charge in [-0.1, -0.05) is 48.9 Å². The molecule has 3 atom stereocenters. The monoisotopic (exact) mass is 472 g/mol. The van der Waals surface area contributed by atoms with Gasteiger partial charge in [0.25, 0.3) is 0 Å². The van der Waals surface area contributed by atoms with E-state index in [4.69, 9.17) is 0 Å². The molecule has 0 aliphatic heterocycles. The molecule has 1 aliphatic carbocycles. The summed E-state index contributed by atoms with van der Waals surface area (Å²) in [6.45, 7) is 0. The highest BCUT2D eigenvalue weighted by molar-refractivity contribution is 7.89. The molecule has 0 saturated heterocycles. The van der Waals surface area contributed by atoms with Crippen LogP contribution in [0.2, 0.25) is 0 Å². The molecule has 2 N–H and O–H groups in total. The van der Waals surface area contributed by atoms with Gasteiger partial charge in [-0.2, -0.15) is 17.9 Å². The van der Waals surface area contributed by atoms with Crippen LogP contribution >= 0.6 is 0 Å². The van der Waals surface area contributed by atoms with Crippen LogP contribution in [0.1, 0.15) is 31.2 Å². The van der Waals surface area contributed by atoms with E-state index in [0.29, 0.717) is 18.4 Å². The Morgan fingerprint density at radius 1 is 1.03 bits per heavy atom. The van der Waals surface area contributed by atoms with Crippen LogP contribution in [0.15, 0.2) is 59.5 Å². The molecule has 174 valence electrons. The zero-order valence-corrected chi connectivity index (χ0v) is 17.9. The molecule has 32 heavy (non-hydrogen) atoms. The number of nitrogens with one attached hydrogen (secondary N) is 2. The first kappa shape index (κ1) is 24.2. The Morgan fingerprint density at radius 3 is 2.34 bits per heavy atom. The topological polar surface area (TPSA) is 75.3 Å². The largest absolute Gasteiger partial charge is 0.391 e. The summed E-state index contributed by atoms with van der Waals surface area (Å²) < 4.78 is 81.1. The number of carbonyl (C=O) groups is 1. The van der Waals surface area contributed by atoms with Crippen LogP contribution < -0.4 is 10.0 Å². The number of hydrogen-bond donors (Lipinski definition) is 2. The Hall–Kier alpha value is -2.46. The number of benzene rings is 2. The minimum atomic E-state index is -4.40. The first-order valence-corrected chi connectivity index (χ1v) is 11.7. The summed E-state index contributed by atoms with van der Waals surface area (Å²) in [6, 6.07) is 11.3. The van der Waals surface area contributed by atoms with E-state index in [1.54, 1.807) is 30.3 Å². The highest BCUT2D eigenvalue weighted by Gasteiger charge is 2.42. The highest BCUT2D eigenvalue weighted by Crippen LogP contribution is 2.37. The highest BCUT2D eigenvalue weighted by atomic mass is 32.2. The predicted octanol–water partition coefficient (Wildman–Crippen LogP) is 3.95. The maximum atomic E-state index is 14.1. The average Bonchev–Trinajstić information content (AvgIpc) is 2.73. The van der Waals surface area contributed by atoms with Crippen molar-refractivity contribution in [3.05, 3.63) is 66.0 Å². The molecule has 0 heterocycles. The molecule has 3 rings (SSSR count). The second-order valence-electron chi connectivity index (χ2n) is 7.90. The number of rotatable bonds is 7. The molecule has 1 aliphatic rings. The van der Waals surface area contributed by atoms with Gasteiger partial charge in [-0.25, -0.2) is 12.8 Å². The van der Waals surface area contributed by atoms with Gasteiger partial charge in [-0.05, 0) is 43.4 Å². The molecule has 0 aromatic heterocycles. The van der Waals surface area contributed by atoms with E-state index in [1.165, 1.54) is 12.1 Å². The molecule has 2 aromatic carbocycles. The number of hydrogen-bond acceptors (Lipinski definition) is 3. The van der Waals surface area contributed by atoms with Crippen molar-refractivity contribution < 1.29 is 30.8 Å². The first-order valence-electron chi connectivity index (χ1n) is 10.2. The Labute approximate surface area is 184 Å². The number of halogens is 4. The number of alkyl halides is 3. The lowest BCUT2D eigenvalue weighted by Gasteiger charge is -2.32. The van der Waals surface area contributed by atoms with Gasteiger partial charge in [0.05, 0.1) is 5.92 Å². The fourth-order valence-electron chi connectivity index (χ4n) is 3.87. The molecule has 0 bridgehead atoms. The number of carbonyl (C=O) groups excluding carboxylic acids is 1. The van der Waals surface area contributed by atoms with E-state index in [9.17, 15) is 30.8 Å². The zero-order chi connectivity index (χ0) is 23.4. The average molecular weight is 473 g/mol. The summed E-state index contributed by atoms with van der Waals surface area (Å²) in [5.74, 6) is -3.23. The standard InChI is InChI=1S/C22H24F4N2O3S/c23-18-11-4-5-12-20(18)32(30,31)28-19(13-15-7-2-1-3-8-15)21(29)27-17-10-6-9-16(14-17)22(24,25)26/h1-5,7-8,11-12,16-17,19,28H,6,9-10,13-14H2,(H,27,29). The van der Waals surface area contributed by atoms with Gasteiger partial charge in [0.1, 0.15) is 16.8 Å². The fourth-order valence-corrected chi connectivity index (χ4v) is 5.15. The molecular weight excluding hydrogens is 448 g/mol. The van der Waals surface area contributed by atoms with E-state index < -0.39 is 50.8 Å². The molecule has 0 radical (unpaired) electrons. The summed E-state index contributed by atoms with van der Waals surface area (Å²) >= 11 is 0. The van der Waals surface area contributed by atoms with Gasteiger partial charge in [0.2, 0.25) is 15.9 Å². The van der Waals surface area contributed by atoms with Crippen LogP contribution in [0, 0.1) is 11.7 Å². The van der Waals surface area contributed by atoms with Crippen LogP contribution in [-0.4, -0.2) is 32.6 Å². The molecule has 1 amide bonds. The minimum Gasteiger partial charge on any atom is -0.352 e. The Bertz CT molecular complexity index is 1030. The van der Waals surface area contributed by atoms with Gasteiger partial charge in [0.15, 0.2) is 0 Å². The van der Waals surface area contributed by atoms with Crippen LogP contribution in [-0.2, 0) is 21.2 Å². The van der Waals surface area contributed by atoms with Crippen LogP contribution in [0.4, 0.5) is 17.6 Å². The van der Waals surface area contributed by atoms with Crippen molar-refractivity contribution >= 4 is 15.9 Å². The summed E-state index contributed by atoms with van der Waals surface area (Å²) in [4.78, 5) is 12.3. The summed E-state index contributed by atoms with van der Waals surface area (Å²) in [5, 5.41) is 2.57. The second kappa shape index (κ2) is 9.99. The third-order valence-corrected chi connectivity index (χ3v) is 7.01. The maximum absolute atomic E-state index is 14.1. The molecule has 5 nitrogen and oxygen atoms in total. The van der Waals surface area contributed by atoms with Crippen molar-refractivity contribution in [2.45, 2.75) is 55.3 Å². The van der Waals surface area contributed by atoms with Gasteiger partial charge in [-0.3, -0.25) is 4.79 Å². The van der Waals surface area contributed by atoms with Crippen LogP contribution in [0.3, 0.4) is 0 Å². The second-order valence-corrected chi connectivity index (χ2v) is 9.59. The van der Waals surface area contributed by atoms with Crippen molar-refractivity contribution in [2.24, 2.45) is 5.92 Å². The molecule has 0 spiro atoms. The quantitative estimate of drug-likeness (QED) is 0.600. The fraction of sp³-hybridized carbons (Fsp3) is 0.409. The Balaban J connectivity index is 1.79. The maximum Gasteiger partial charge on any atom is 0.391 e. The molecule has 2 aromatic rings. The molecular formula is C22H24F4N2O3S. The lowest BCUT2D eigenvalue weighted by molar-refractivity contribution is -0.184. The third-order valence-electron chi connectivity index (χ3n) is 5.51. The normalized spacial score (nSPS) is 20.5. The summed E-state index contributed by atoms with van der Waals surface area (Å²) in [5.41, 5.74) is 0.640. The van der Waals surface area contributed by atoms with Crippen molar-refractivity contribution in [2.75, 3.05) is 0 Å². The molecule has 1 fully saturated rings. The lowest BCUT2D eigenvalue weighted by atomic mass is 9.85. The Morgan fingerprint density at radius 2 is 1.69 bits per heavy atom. The minimum absolute atomic E-state index is 0.00320. The predicted molar refractivity (Wildman–Crippen MR) is 111 cm³/mol. The molecule has 1 saturated carbocycles. The number of sulfonamides is 1. The van der Waals surface area contributed by atoms with Gasteiger partial charge in [0, 0.05) is 6.04 Å². The van der Waals surface area contributed by atoms with Gasteiger partial charge < -0.3 is 5.32 Å². The van der Waals surface area contributed by atoms with E-state index in [0.717, 1.165) is 12.1 Å². The van der Waals surface area contributed by atoms with Gasteiger partial charge >= 0.3 is 6.18 Å². The van der Waals surface area contributed by atoms with Crippen molar-refractivity contribution in [3.8, 4) is 0 Å². The van der Waals surface area contributed by atoms with E-state index in [1.807, 2.05) is 0 Å². The van der Waals surface area contributed by atoms with Crippen molar-refractivity contribution in [1.82, 2.24) is 10.0 Å². The first-order chi connectivity index (χ1) is 15.1. The zero-order valence-electron chi connectivity index (χ0n) is 17.1. The number of amides is 1. The Kier molecular flexibility index (Phi) is 7.55. The summed E-state index contributed by atoms with van der Waals surface area (Å²) in [6.07, 6.45) is -3.97.